The minimum atomic E-state index is 0.824. The van der Waals surface area contributed by atoms with Gasteiger partial charge in [0, 0.05) is 46.0 Å². The molecule has 0 aliphatic heterocycles. The predicted octanol–water partition coefficient (Wildman–Crippen LogP) is 4.82. The topological polar surface area (TPSA) is 96.3 Å². The third-order valence-corrected chi connectivity index (χ3v) is 5.02. The van der Waals surface area contributed by atoms with Gasteiger partial charge in [0.15, 0.2) is 0 Å². The summed E-state index contributed by atoms with van der Waals surface area (Å²) in [6.45, 7) is 0. The fourth-order valence-corrected chi connectivity index (χ4v) is 3.64. The van der Waals surface area contributed by atoms with Gasteiger partial charge >= 0.3 is 0 Å². The van der Waals surface area contributed by atoms with Gasteiger partial charge < -0.3 is 9.40 Å². The molecule has 2 N–H and O–H groups in total. The number of rotatable bonds is 3. The fraction of sp³-hybridized carbons (Fsp3) is 0. The van der Waals surface area contributed by atoms with Crippen molar-refractivity contribution in [1.82, 2.24) is 30.1 Å². The van der Waals surface area contributed by atoms with Gasteiger partial charge in [-0.05, 0) is 30.3 Å². The van der Waals surface area contributed by atoms with Crippen LogP contribution < -0.4 is 0 Å². The van der Waals surface area contributed by atoms with Crippen LogP contribution in [0.5, 0.6) is 0 Å². The number of nitrogens with one attached hydrogen (secondary N) is 2. The lowest BCUT2D eigenvalue weighted by molar-refractivity contribution is 0.568. The molecule has 5 heterocycles. The molecule has 0 aliphatic rings. The summed E-state index contributed by atoms with van der Waals surface area (Å²) in [7, 11) is 0. The summed E-state index contributed by atoms with van der Waals surface area (Å²) in [4.78, 5) is 16.6. The Kier molecular flexibility index (Phi) is 3.33. The van der Waals surface area contributed by atoms with Crippen molar-refractivity contribution in [2.45, 2.75) is 0 Å². The molecule has 6 aromatic rings. The monoisotopic (exact) mass is 378 g/mol. The van der Waals surface area contributed by atoms with Crippen LogP contribution in [0, 0.1) is 0 Å². The van der Waals surface area contributed by atoms with Gasteiger partial charge in [-0.25, -0.2) is 0 Å². The van der Waals surface area contributed by atoms with E-state index in [9.17, 15) is 0 Å². The van der Waals surface area contributed by atoms with Crippen molar-refractivity contribution < 1.29 is 4.42 Å². The van der Waals surface area contributed by atoms with Crippen LogP contribution in [0.3, 0.4) is 0 Å². The summed E-state index contributed by atoms with van der Waals surface area (Å²) < 4.78 is 5.23. The standard InChI is InChI=1S/C22H14N6O/c1-2-18-15(9-13(1)20-11-23-6-7-24-20)22(28-27-18)19-10-16-17(26-19)3-5-25-21(16)14-4-8-29-12-14/h1-12,26H,(H,27,28). The minimum Gasteiger partial charge on any atom is -0.472 e. The van der Waals surface area contributed by atoms with Crippen LogP contribution in [0.15, 0.2) is 78.1 Å². The van der Waals surface area contributed by atoms with Crippen molar-refractivity contribution in [3.05, 3.63) is 73.7 Å². The fourth-order valence-electron chi connectivity index (χ4n) is 3.64. The highest BCUT2D eigenvalue weighted by Gasteiger charge is 2.15. The van der Waals surface area contributed by atoms with Crippen molar-refractivity contribution in [1.29, 1.82) is 0 Å². The van der Waals surface area contributed by atoms with Gasteiger partial charge in [0.1, 0.15) is 5.69 Å². The number of furan rings is 1. The maximum Gasteiger partial charge on any atom is 0.116 e. The second-order valence-corrected chi connectivity index (χ2v) is 6.74. The molecule has 0 atom stereocenters. The van der Waals surface area contributed by atoms with Crippen LogP contribution in [0.2, 0.25) is 0 Å². The highest BCUT2D eigenvalue weighted by Crippen LogP contribution is 2.34. The summed E-state index contributed by atoms with van der Waals surface area (Å²) in [6, 6.07) is 12.1. The van der Waals surface area contributed by atoms with E-state index in [0.29, 0.717) is 0 Å². The van der Waals surface area contributed by atoms with Gasteiger partial charge in [-0.2, -0.15) is 5.10 Å². The first-order chi connectivity index (χ1) is 14.4. The molecule has 6 rings (SSSR count). The lowest BCUT2D eigenvalue weighted by atomic mass is 10.1. The maximum atomic E-state index is 5.23. The highest BCUT2D eigenvalue weighted by molar-refractivity contribution is 6.00. The van der Waals surface area contributed by atoms with E-state index in [4.69, 9.17) is 4.42 Å². The number of aromatic nitrogens is 6. The molecule has 0 saturated heterocycles. The average molecular weight is 378 g/mol. The maximum absolute atomic E-state index is 5.23. The SMILES string of the molecule is c1cnc(-c2ccc3[nH]nc(-c4cc5c(-c6ccoc6)nccc5[nH]4)c3c2)cn1. The first-order valence-corrected chi connectivity index (χ1v) is 9.12. The Labute approximate surface area is 164 Å². The molecular formula is C22H14N6O. The van der Waals surface area contributed by atoms with Crippen molar-refractivity contribution >= 4 is 21.8 Å². The lowest BCUT2D eigenvalue weighted by Crippen LogP contribution is -1.84. The van der Waals surface area contributed by atoms with Crippen LogP contribution in [0.1, 0.15) is 0 Å². The Balaban J connectivity index is 1.53. The molecule has 5 aromatic heterocycles. The van der Waals surface area contributed by atoms with E-state index in [1.54, 1.807) is 37.3 Å². The van der Waals surface area contributed by atoms with Crippen molar-refractivity contribution in [3.63, 3.8) is 0 Å². The summed E-state index contributed by atoms with van der Waals surface area (Å²) >= 11 is 0. The number of aromatic amines is 2. The molecule has 0 unspecified atom stereocenters. The molecule has 0 spiro atoms. The number of pyridine rings is 1. The van der Waals surface area contributed by atoms with Gasteiger partial charge in [-0.1, -0.05) is 6.07 Å². The molecule has 0 aliphatic carbocycles. The first-order valence-electron chi connectivity index (χ1n) is 9.12. The molecule has 1 aromatic carbocycles. The Morgan fingerprint density at radius 1 is 0.793 bits per heavy atom. The molecule has 7 nitrogen and oxygen atoms in total. The molecule has 0 fully saturated rings. The van der Waals surface area contributed by atoms with E-state index in [1.165, 1.54) is 0 Å². The average Bonchev–Trinajstić information content (AvgIpc) is 3.52. The Morgan fingerprint density at radius 3 is 2.62 bits per heavy atom. The molecule has 0 bridgehead atoms. The zero-order valence-electron chi connectivity index (χ0n) is 15.1. The van der Waals surface area contributed by atoms with E-state index in [0.717, 1.165) is 55.7 Å². The quantitative estimate of drug-likeness (QED) is 0.460. The summed E-state index contributed by atoms with van der Waals surface area (Å²) in [5, 5.41) is 9.70. The van der Waals surface area contributed by atoms with Crippen LogP contribution in [0.4, 0.5) is 0 Å². The summed E-state index contributed by atoms with van der Waals surface area (Å²) in [6.07, 6.45) is 10.3. The second kappa shape index (κ2) is 6.13. The normalized spacial score (nSPS) is 11.4. The van der Waals surface area contributed by atoms with Gasteiger partial charge in [-0.15, -0.1) is 0 Å². The van der Waals surface area contributed by atoms with Crippen LogP contribution in [0.25, 0.3) is 55.7 Å². The molecule has 0 amide bonds. The summed E-state index contributed by atoms with van der Waals surface area (Å²) in [5.41, 5.74) is 7.35. The zero-order valence-corrected chi connectivity index (χ0v) is 15.1. The smallest absolute Gasteiger partial charge is 0.116 e. The van der Waals surface area contributed by atoms with Gasteiger partial charge in [0.2, 0.25) is 0 Å². The number of hydrogen-bond donors (Lipinski definition) is 2. The molecule has 138 valence electrons. The van der Waals surface area contributed by atoms with Crippen LogP contribution in [-0.2, 0) is 0 Å². The number of H-pyrrole nitrogens is 2. The van der Waals surface area contributed by atoms with Crippen molar-refractivity contribution in [3.8, 4) is 33.9 Å². The van der Waals surface area contributed by atoms with Crippen LogP contribution >= 0.6 is 0 Å². The van der Waals surface area contributed by atoms with E-state index in [2.05, 4.69) is 42.3 Å². The highest BCUT2D eigenvalue weighted by atomic mass is 16.3. The Bertz CT molecular complexity index is 1450. The molecule has 7 heteroatoms. The van der Waals surface area contributed by atoms with Crippen LogP contribution in [-0.4, -0.2) is 30.1 Å². The lowest BCUT2D eigenvalue weighted by Gasteiger charge is -2.00. The van der Waals surface area contributed by atoms with Gasteiger partial charge in [0.05, 0.1) is 41.3 Å². The van der Waals surface area contributed by atoms with E-state index >= 15 is 0 Å². The summed E-state index contributed by atoms with van der Waals surface area (Å²) in [5.74, 6) is 0. The largest absolute Gasteiger partial charge is 0.472 e. The minimum absolute atomic E-state index is 0.824. The third kappa shape index (κ3) is 2.52. The van der Waals surface area contributed by atoms with Crippen molar-refractivity contribution in [2.24, 2.45) is 0 Å². The predicted molar refractivity (Wildman–Crippen MR) is 110 cm³/mol. The second-order valence-electron chi connectivity index (χ2n) is 6.74. The van der Waals surface area contributed by atoms with Crippen molar-refractivity contribution in [2.75, 3.05) is 0 Å². The third-order valence-electron chi connectivity index (χ3n) is 5.02. The number of benzene rings is 1. The van der Waals surface area contributed by atoms with Gasteiger partial charge in [-0.3, -0.25) is 20.1 Å². The van der Waals surface area contributed by atoms with Gasteiger partial charge in [0.25, 0.3) is 0 Å². The van der Waals surface area contributed by atoms with E-state index in [1.807, 2.05) is 24.3 Å². The first kappa shape index (κ1) is 15.8. The Hall–Kier alpha value is -4.26. The van der Waals surface area contributed by atoms with E-state index < -0.39 is 0 Å². The van der Waals surface area contributed by atoms with E-state index in [-0.39, 0.29) is 0 Å². The Morgan fingerprint density at radius 2 is 1.76 bits per heavy atom. The number of nitrogens with zero attached hydrogens (tertiary/aromatic N) is 4. The number of hydrogen-bond acceptors (Lipinski definition) is 5. The molecule has 0 radical (unpaired) electrons. The number of fused-ring (bicyclic) bond motifs is 2. The molecular weight excluding hydrogens is 364 g/mol. The molecule has 29 heavy (non-hydrogen) atoms. The zero-order chi connectivity index (χ0) is 19.2. The molecule has 0 saturated carbocycles.